The average molecular weight is 400 g/mol. The number of anilines is 1. The molecule has 0 fully saturated rings. The topological polar surface area (TPSA) is 89.3 Å². The van der Waals surface area contributed by atoms with Gasteiger partial charge in [0.1, 0.15) is 0 Å². The van der Waals surface area contributed by atoms with Crippen molar-refractivity contribution >= 4 is 33.2 Å². The molecule has 0 saturated carbocycles. The van der Waals surface area contributed by atoms with Crippen LogP contribution in [0, 0.1) is 10.1 Å². The van der Waals surface area contributed by atoms with E-state index >= 15 is 0 Å². The third-order valence-corrected chi connectivity index (χ3v) is 6.19. The van der Waals surface area contributed by atoms with Crippen LogP contribution in [0.2, 0.25) is 0 Å². The number of benzene rings is 3. The molecule has 0 amide bonds. The number of nitrogens with zero attached hydrogens (tertiary/aromatic N) is 1. The molecule has 0 radical (unpaired) electrons. The maximum atomic E-state index is 12.4. The Morgan fingerprint density at radius 1 is 0.889 bits per heavy atom. The maximum Gasteiger partial charge on any atom is 0.269 e. The van der Waals surface area contributed by atoms with Crippen molar-refractivity contribution < 1.29 is 13.3 Å². The number of non-ortho nitro benzene ring substituents is 1. The first-order valence-corrected chi connectivity index (χ1v) is 10.4. The maximum absolute atomic E-state index is 12.4. The van der Waals surface area contributed by atoms with Gasteiger partial charge >= 0.3 is 0 Å². The molecular formula is C19H16N2O4S2. The SMILES string of the molecule is O=[N+]([O-])c1ccc(S(=O)(=O)Nc2ccc(CSc3ccccc3)cc2)cc1. The summed E-state index contributed by atoms with van der Waals surface area (Å²) in [7, 11) is -3.80. The van der Waals surface area contributed by atoms with Crippen molar-refractivity contribution in [1.82, 2.24) is 0 Å². The molecule has 0 unspecified atom stereocenters. The lowest BCUT2D eigenvalue weighted by atomic mass is 10.2. The Kier molecular flexibility index (Phi) is 5.78. The minimum absolute atomic E-state index is 0.0307. The standard InChI is InChI=1S/C19H16N2O4S2/c22-21(23)17-10-12-19(13-11-17)27(24,25)20-16-8-6-15(7-9-16)14-26-18-4-2-1-3-5-18/h1-13,20H,14H2. The van der Waals surface area contributed by atoms with Crippen LogP contribution in [0.5, 0.6) is 0 Å². The monoisotopic (exact) mass is 400 g/mol. The fourth-order valence-electron chi connectivity index (χ4n) is 2.31. The minimum atomic E-state index is -3.80. The summed E-state index contributed by atoms with van der Waals surface area (Å²) in [6.45, 7) is 0. The molecular weight excluding hydrogens is 384 g/mol. The molecule has 6 nitrogen and oxygen atoms in total. The summed E-state index contributed by atoms with van der Waals surface area (Å²) in [4.78, 5) is 11.2. The van der Waals surface area contributed by atoms with E-state index in [2.05, 4.69) is 4.72 Å². The number of hydrogen-bond acceptors (Lipinski definition) is 5. The quantitative estimate of drug-likeness (QED) is 0.353. The van der Waals surface area contributed by atoms with Gasteiger partial charge in [0.25, 0.3) is 15.7 Å². The molecule has 3 rings (SSSR count). The largest absolute Gasteiger partial charge is 0.280 e. The lowest BCUT2D eigenvalue weighted by Crippen LogP contribution is -2.12. The Balaban J connectivity index is 1.65. The highest BCUT2D eigenvalue weighted by atomic mass is 32.2. The Bertz CT molecular complexity index is 1020. The molecule has 138 valence electrons. The number of nitrogens with one attached hydrogen (secondary N) is 1. The zero-order valence-corrected chi connectivity index (χ0v) is 15.7. The normalized spacial score (nSPS) is 11.1. The van der Waals surface area contributed by atoms with Crippen molar-refractivity contribution in [2.45, 2.75) is 15.5 Å². The second-order valence-corrected chi connectivity index (χ2v) is 8.39. The van der Waals surface area contributed by atoms with Crippen LogP contribution in [0.15, 0.2) is 88.7 Å². The molecule has 0 bridgehead atoms. The summed E-state index contributed by atoms with van der Waals surface area (Å²) in [5.74, 6) is 0.777. The van der Waals surface area contributed by atoms with Gasteiger partial charge in [-0.05, 0) is 42.0 Å². The Labute approximate surface area is 161 Å². The first-order valence-electron chi connectivity index (χ1n) is 7.98. The summed E-state index contributed by atoms with van der Waals surface area (Å²) in [5.41, 5.74) is 1.35. The van der Waals surface area contributed by atoms with Crippen LogP contribution >= 0.6 is 11.8 Å². The van der Waals surface area contributed by atoms with Gasteiger partial charge in [-0.3, -0.25) is 14.8 Å². The van der Waals surface area contributed by atoms with Crippen LogP contribution in [0.4, 0.5) is 11.4 Å². The van der Waals surface area contributed by atoms with Crippen molar-refractivity contribution in [3.63, 3.8) is 0 Å². The van der Waals surface area contributed by atoms with Crippen molar-refractivity contribution in [3.05, 3.63) is 94.5 Å². The second kappa shape index (κ2) is 8.24. The van der Waals surface area contributed by atoms with Crippen LogP contribution in [0.3, 0.4) is 0 Å². The van der Waals surface area contributed by atoms with E-state index in [4.69, 9.17) is 0 Å². The number of hydrogen-bond donors (Lipinski definition) is 1. The summed E-state index contributed by atoms with van der Waals surface area (Å²) in [6.07, 6.45) is 0. The molecule has 1 N–H and O–H groups in total. The number of sulfonamides is 1. The zero-order valence-electron chi connectivity index (χ0n) is 14.1. The highest BCUT2D eigenvalue weighted by Gasteiger charge is 2.16. The predicted molar refractivity (Wildman–Crippen MR) is 106 cm³/mol. The molecule has 27 heavy (non-hydrogen) atoms. The number of rotatable bonds is 7. The summed E-state index contributed by atoms with van der Waals surface area (Å²) in [5, 5.41) is 10.7. The van der Waals surface area contributed by atoms with E-state index in [1.54, 1.807) is 23.9 Å². The van der Waals surface area contributed by atoms with Gasteiger partial charge in [0.2, 0.25) is 0 Å². The van der Waals surface area contributed by atoms with Crippen LogP contribution in [-0.4, -0.2) is 13.3 Å². The van der Waals surface area contributed by atoms with Gasteiger partial charge in [0.15, 0.2) is 0 Å². The zero-order chi connectivity index (χ0) is 19.3. The van der Waals surface area contributed by atoms with E-state index < -0.39 is 14.9 Å². The molecule has 0 aliphatic heterocycles. The Morgan fingerprint density at radius 3 is 2.11 bits per heavy atom. The fraction of sp³-hybridized carbons (Fsp3) is 0.0526. The van der Waals surface area contributed by atoms with Gasteiger partial charge < -0.3 is 0 Å². The number of nitro groups is 1. The first-order chi connectivity index (χ1) is 12.9. The van der Waals surface area contributed by atoms with E-state index in [9.17, 15) is 18.5 Å². The van der Waals surface area contributed by atoms with E-state index in [0.29, 0.717) is 5.69 Å². The van der Waals surface area contributed by atoms with Crippen molar-refractivity contribution in [2.24, 2.45) is 0 Å². The van der Waals surface area contributed by atoms with Crippen LogP contribution in [0.1, 0.15) is 5.56 Å². The van der Waals surface area contributed by atoms with Crippen molar-refractivity contribution in [1.29, 1.82) is 0 Å². The molecule has 0 saturated heterocycles. The predicted octanol–water partition coefficient (Wildman–Crippen LogP) is 4.69. The highest BCUT2D eigenvalue weighted by Crippen LogP contribution is 2.24. The van der Waals surface area contributed by atoms with E-state index in [-0.39, 0.29) is 10.6 Å². The van der Waals surface area contributed by atoms with E-state index in [1.165, 1.54) is 29.2 Å². The van der Waals surface area contributed by atoms with E-state index in [0.717, 1.165) is 11.3 Å². The third-order valence-electron chi connectivity index (χ3n) is 3.71. The van der Waals surface area contributed by atoms with Gasteiger partial charge in [-0.1, -0.05) is 30.3 Å². The number of nitro benzene ring substituents is 1. The van der Waals surface area contributed by atoms with Gasteiger partial charge in [-0.15, -0.1) is 11.8 Å². The minimum Gasteiger partial charge on any atom is -0.280 e. The lowest BCUT2D eigenvalue weighted by Gasteiger charge is -2.09. The highest BCUT2D eigenvalue weighted by molar-refractivity contribution is 7.98. The molecule has 0 aromatic heterocycles. The van der Waals surface area contributed by atoms with Crippen LogP contribution < -0.4 is 4.72 Å². The van der Waals surface area contributed by atoms with Gasteiger partial charge in [-0.2, -0.15) is 0 Å². The van der Waals surface area contributed by atoms with E-state index in [1.807, 2.05) is 42.5 Å². The molecule has 0 aliphatic rings. The smallest absolute Gasteiger partial charge is 0.269 e. The summed E-state index contributed by atoms with van der Waals surface area (Å²) >= 11 is 1.70. The molecule has 0 spiro atoms. The summed E-state index contributed by atoms with van der Waals surface area (Å²) < 4.78 is 27.3. The fourth-order valence-corrected chi connectivity index (χ4v) is 4.25. The van der Waals surface area contributed by atoms with Gasteiger partial charge in [0.05, 0.1) is 9.82 Å². The second-order valence-electron chi connectivity index (χ2n) is 5.66. The molecule has 8 heteroatoms. The first kappa shape index (κ1) is 18.9. The summed E-state index contributed by atoms with van der Waals surface area (Å²) in [6, 6.07) is 21.9. The molecule has 3 aromatic rings. The molecule has 0 atom stereocenters. The lowest BCUT2D eigenvalue weighted by molar-refractivity contribution is -0.384. The Morgan fingerprint density at radius 2 is 1.52 bits per heavy atom. The van der Waals surface area contributed by atoms with Gasteiger partial charge in [-0.25, -0.2) is 8.42 Å². The van der Waals surface area contributed by atoms with Crippen molar-refractivity contribution in [2.75, 3.05) is 4.72 Å². The molecule has 0 aliphatic carbocycles. The third kappa shape index (κ3) is 5.08. The van der Waals surface area contributed by atoms with Crippen LogP contribution in [0.25, 0.3) is 0 Å². The average Bonchev–Trinajstić information content (AvgIpc) is 2.68. The molecule has 3 aromatic carbocycles. The van der Waals surface area contributed by atoms with Crippen molar-refractivity contribution in [3.8, 4) is 0 Å². The molecule has 0 heterocycles. The number of thioether (sulfide) groups is 1. The Hall–Kier alpha value is -2.84. The van der Waals surface area contributed by atoms with Crippen LogP contribution in [-0.2, 0) is 15.8 Å². The van der Waals surface area contributed by atoms with Gasteiger partial charge in [0, 0.05) is 28.5 Å².